The van der Waals surface area contributed by atoms with E-state index in [1.807, 2.05) is 18.4 Å². The minimum absolute atomic E-state index is 0.0885. The zero-order chi connectivity index (χ0) is 12.4. The molecule has 1 heterocycles. The molecule has 1 nitrogen and oxygen atoms in total. The van der Waals surface area contributed by atoms with Crippen molar-refractivity contribution in [2.75, 3.05) is 5.32 Å². The number of thiophene rings is 1. The fourth-order valence-electron chi connectivity index (χ4n) is 1.47. The minimum Gasteiger partial charge on any atom is -0.376 e. The lowest BCUT2D eigenvalue weighted by molar-refractivity contribution is 0.628. The molecule has 0 spiro atoms. The van der Waals surface area contributed by atoms with Gasteiger partial charge in [-0.05, 0) is 47.1 Å². The third-order valence-electron chi connectivity index (χ3n) is 2.31. The number of halogens is 3. The van der Waals surface area contributed by atoms with Gasteiger partial charge in [-0.2, -0.15) is 0 Å². The number of rotatable bonds is 3. The number of hydrogen-bond donors (Lipinski definition) is 1. The summed E-state index contributed by atoms with van der Waals surface area (Å²) in [6.45, 7) is 2.01. The van der Waals surface area contributed by atoms with Gasteiger partial charge in [-0.15, -0.1) is 11.3 Å². The Morgan fingerprint density at radius 3 is 2.82 bits per heavy atom. The van der Waals surface area contributed by atoms with Crippen molar-refractivity contribution in [1.29, 1.82) is 0 Å². The molecule has 90 valence electrons. The summed E-state index contributed by atoms with van der Waals surface area (Å²) in [6.07, 6.45) is 0. The molecule has 1 aromatic carbocycles. The first-order valence-corrected chi connectivity index (χ1v) is 7.07. The molecule has 0 amide bonds. The highest BCUT2D eigenvalue weighted by molar-refractivity contribution is 9.10. The molecule has 0 saturated carbocycles. The summed E-state index contributed by atoms with van der Waals surface area (Å²) in [5.74, 6) is -0.295. The fourth-order valence-corrected chi connectivity index (χ4v) is 3.09. The van der Waals surface area contributed by atoms with E-state index in [1.165, 1.54) is 12.1 Å². The standard InChI is InChI=1S/C12H10BrClFNS/c1-7(12-4-8(13)6-17-12)16-11-5-9(15)2-3-10(11)14/h2-7,16H,1H3. The van der Waals surface area contributed by atoms with Gasteiger partial charge >= 0.3 is 0 Å². The van der Waals surface area contributed by atoms with Gasteiger partial charge in [0.25, 0.3) is 0 Å². The Labute approximate surface area is 117 Å². The summed E-state index contributed by atoms with van der Waals surface area (Å²) >= 11 is 11.0. The molecule has 1 N–H and O–H groups in total. The van der Waals surface area contributed by atoms with Crippen molar-refractivity contribution in [3.05, 3.63) is 49.8 Å². The Kier molecular flexibility index (Phi) is 4.07. The van der Waals surface area contributed by atoms with E-state index in [0.717, 1.165) is 9.35 Å². The van der Waals surface area contributed by atoms with Gasteiger partial charge < -0.3 is 5.32 Å². The molecular weight excluding hydrogens is 325 g/mol. The lowest BCUT2D eigenvalue weighted by Crippen LogP contribution is -2.05. The summed E-state index contributed by atoms with van der Waals surface area (Å²) < 4.78 is 14.2. The van der Waals surface area contributed by atoms with Crippen LogP contribution in [0.1, 0.15) is 17.8 Å². The highest BCUT2D eigenvalue weighted by atomic mass is 79.9. The van der Waals surface area contributed by atoms with E-state index < -0.39 is 0 Å². The molecule has 0 saturated heterocycles. The molecule has 0 aliphatic rings. The van der Waals surface area contributed by atoms with Crippen LogP contribution < -0.4 is 5.32 Å². The number of hydrogen-bond acceptors (Lipinski definition) is 2. The maximum Gasteiger partial charge on any atom is 0.125 e. The van der Waals surface area contributed by atoms with Gasteiger partial charge in [-0.25, -0.2) is 4.39 Å². The minimum atomic E-state index is -0.295. The van der Waals surface area contributed by atoms with Gasteiger partial charge in [0, 0.05) is 14.7 Å². The van der Waals surface area contributed by atoms with E-state index in [9.17, 15) is 4.39 Å². The van der Waals surface area contributed by atoms with Gasteiger partial charge in [0.15, 0.2) is 0 Å². The lowest BCUT2D eigenvalue weighted by atomic mass is 10.2. The fraction of sp³-hybridized carbons (Fsp3) is 0.167. The smallest absolute Gasteiger partial charge is 0.125 e. The predicted molar refractivity (Wildman–Crippen MR) is 75.5 cm³/mol. The van der Waals surface area contributed by atoms with Crippen LogP contribution in [0.3, 0.4) is 0 Å². The first kappa shape index (κ1) is 12.9. The van der Waals surface area contributed by atoms with E-state index in [4.69, 9.17) is 11.6 Å². The van der Waals surface area contributed by atoms with Crippen molar-refractivity contribution in [3.63, 3.8) is 0 Å². The third-order valence-corrected chi connectivity index (χ3v) is 4.52. The molecule has 1 atom stereocenters. The van der Waals surface area contributed by atoms with Crippen LogP contribution in [0.15, 0.2) is 34.1 Å². The van der Waals surface area contributed by atoms with Crippen LogP contribution in [0, 0.1) is 5.82 Å². The van der Waals surface area contributed by atoms with Gasteiger partial charge in [0.2, 0.25) is 0 Å². The van der Waals surface area contributed by atoms with E-state index in [2.05, 4.69) is 21.2 Å². The first-order chi connectivity index (χ1) is 8.06. The Balaban J connectivity index is 2.18. The topological polar surface area (TPSA) is 12.0 Å². The summed E-state index contributed by atoms with van der Waals surface area (Å²) in [4.78, 5) is 1.16. The molecule has 5 heteroatoms. The monoisotopic (exact) mass is 333 g/mol. The van der Waals surface area contributed by atoms with Gasteiger partial charge in [-0.3, -0.25) is 0 Å². The largest absolute Gasteiger partial charge is 0.376 e. The van der Waals surface area contributed by atoms with Crippen LogP contribution in [0.4, 0.5) is 10.1 Å². The molecule has 0 radical (unpaired) electrons. The molecule has 1 unspecified atom stereocenters. The maximum absolute atomic E-state index is 13.1. The molecule has 1 aromatic heterocycles. The summed E-state index contributed by atoms with van der Waals surface area (Å²) in [6, 6.07) is 6.43. The summed E-state index contributed by atoms with van der Waals surface area (Å²) in [5.41, 5.74) is 0.615. The van der Waals surface area contributed by atoms with Crippen LogP contribution in [-0.4, -0.2) is 0 Å². The first-order valence-electron chi connectivity index (χ1n) is 5.02. The second kappa shape index (κ2) is 5.38. The average molecular weight is 335 g/mol. The van der Waals surface area contributed by atoms with Crippen molar-refractivity contribution in [1.82, 2.24) is 0 Å². The third kappa shape index (κ3) is 3.21. The van der Waals surface area contributed by atoms with Crippen LogP contribution in [0.2, 0.25) is 5.02 Å². The SMILES string of the molecule is CC(Nc1cc(F)ccc1Cl)c1cc(Br)cs1. The molecule has 0 aliphatic carbocycles. The Bertz CT molecular complexity index is 529. The number of nitrogens with one attached hydrogen (secondary N) is 1. The molecule has 0 aliphatic heterocycles. The van der Waals surface area contributed by atoms with Gasteiger partial charge in [-0.1, -0.05) is 11.6 Å². The zero-order valence-electron chi connectivity index (χ0n) is 9.01. The maximum atomic E-state index is 13.1. The van der Waals surface area contributed by atoms with Gasteiger partial charge in [0.05, 0.1) is 16.8 Å². The van der Waals surface area contributed by atoms with E-state index in [1.54, 1.807) is 17.4 Å². The Morgan fingerprint density at radius 2 is 2.18 bits per heavy atom. The molecule has 2 rings (SSSR count). The predicted octanol–water partition coefficient (Wildman–Crippen LogP) is 5.48. The molecule has 0 bridgehead atoms. The van der Waals surface area contributed by atoms with Crippen molar-refractivity contribution in [2.45, 2.75) is 13.0 Å². The van der Waals surface area contributed by atoms with Crippen molar-refractivity contribution >= 4 is 44.6 Å². The van der Waals surface area contributed by atoms with Crippen LogP contribution in [0.25, 0.3) is 0 Å². The Hall–Kier alpha value is -0.580. The average Bonchev–Trinajstić information content (AvgIpc) is 2.70. The lowest BCUT2D eigenvalue weighted by Gasteiger charge is -2.14. The number of anilines is 1. The van der Waals surface area contributed by atoms with Crippen LogP contribution >= 0.6 is 38.9 Å². The molecular formula is C12H10BrClFNS. The van der Waals surface area contributed by atoms with Crippen molar-refractivity contribution in [2.24, 2.45) is 0 Å². The highest BCUT2D eigenvalue weighted by Crippen LogP contribution is 2.30. The Morgan fingerprint density at radius 1 is 1.41 bits per heavy atom. The van der Waals surface area contributed by atoms with Gasteiger partial charge in [0.1, 0.15) is 5.82 Å². The van der Waals surface area contributed by atoms with Crippen LogP contribution in [-0.2, 0) is 0 Å². The van der Waals surface area contributed by atoms with E-state index in [0.29, 0.717) is 10.7 Å². The van der Waals surface area contributed by atoms with E-state index >= 15 is 0 Å². The normalized spacial score (nSPS) is 12.5. The highest BCUT2D eigenvalue weighted by Gasteiger charge is 2.10. The summed E-state index contributed by atoms with van der Waals surface area (Å²) in [5, 5.41) is 5.73. The summed E-state index contributed by atoms with van der Waals surface area (Å²) in [7, 11) is 0. The van der Waals surface area contributed by atoms with Crippen molar-refractivity contribution < 1.29 is 4.39 Å². The van der Waals surface area contributed by atoms with E-state index in [-0.39, 0.29) is 11.9 Å². The van der Waals surface area contributed by atoms with Crippen molar-refractivity contribution in [3.8, 4) is 0 Å². The van der Waals surface area contributed by atoms with Crippen LogP contribution in [0.5, 0.6) is 0 Å². The number of benzene rings is 1. The molecule has 2 aromatic rings. The zero-order valence-corrected chi connectivity index (χ0v) is 12.2. The molecule has 17 heavy (non-hydrogen) atoms. The molecule has 0 fully saturated rings. The quantitative estimate of drug-likeness (QED) is 0.784. The second-order valence-corrected chi connectivity index (χ2v) is 5.92. The second-order valence-electron chi connectivity index (χ2n) is 3.66.